The van der Waals surface area contributed by atoms with E-state index < -0.39 is 40.1 Å². The predicted octanol–water partition coefficient (Wildman–Crippen LogP) is 3.51. The Morgan fingerprint density at radius 1 is 0.970 bits per heavy atom. The van der Waals surface area contributed by atoms with Crippen LogP contribution >= 0.6 is 0 Å². The molecule has 1 aliphatic rings. The minimum atomic E-state index is -3.91. The summed E-state index contributed by atoms with van der Waals surface area (Å²) in [6.45, 7) is -0.408. The van der Waals surface area contributed by atoms with Crippen LogP contribution in [-0.4, -0.2) is 33.4 Å². The summed E-state index contributed by atoms with van der Waals surface area (Å²) in [5.74, 6) is -3.88. The standard InChI is InChI=1S/C23H18F2N2O5S/c24-19-9-8-17(13-20(19)25)26-22(28)14-32-23(29)16-5-3-6-18(12-16)33(30,31)27-11-10-15-4-1-2-7-21(15)27/h1-9,12-13H,10-11,14H2,(H,26,28). The molecule has 0 atom stereocenters. The van der Waals surface area contributed by atoms with Gasteiger partial charge in [0.1, 0.15) is 0 Å². The number of rotatable bonds is 6. The molecule has 0 radical (unpaired) electrons. The average molecular weight is 472 g/mol. The van der Waals surface area contributed by atoms with Crippen LogP contribution in [0.3, 0.4) is 0 Å². The minimum absolute atomic E-state index is 0.00562. The summed E-state index contributed by atoms with van der Waals surface area (Å²) in [5.41, 5.74) is 1.46. The van der Waals surface area contributed by atoms with Crippen molar-refractivity contribution in [1.82, 2.24) is 0 Å². The third-order valence-corrected chi connectivity index (χ3v) is 6.85. The van der Waals surface area contributed by atoms with E-state index in [1.165, 1.54) is 28.6 Å². The van der Waals surface area contributed by atoms with E-state index in [-0.39, 0.29) is 16.1 Å². The molecule has 7 nitrogen and oxygen atoms in total. The molecule has 0 bridgehead atoms. The molecule has 1 amide bonds. The number of esters is 1. The van der Waals surface area contributed by atoms with Crippen LogP contribution in [0.2, 0.25) is 0 Å². The minimum Gasteiger partial charge on any atom is -0.452 e. The fraction of sp³-hybridized carbons (Fsp3) is 0.130. The number of nitrogens with zero attached hydrogens (tertiary/aromatic N) is 1. The van der Waals surface area contributed by atoms with Gasteiger partial charge in [0.15, 0.2) is 18.2 Å². The van der Waals surface area contributed by atoms with Crippen LogP contribution in [0.5, 0.6) is 0 Å². The number of carbonyl (C=O) groups excluding carboxylic acids is 2. The Morgan fingerprint density at radius 3 is 2.55 bits per heavy atom. The maximum atomic E-state index is 13.2. The van der Waals surface area contributed by atoms with Gasteiger partial charge in [-0.2, -0.15) is 0 Å². The highest BCUT2D eigenvalue weighted by molar-refractivity contribution is 7.92. The lowest BCUT2D eigenvalue weighted by Gasteiger charge is -2.19. The number of hydrogen-bond acceptors (Lipinski definition) is 5. The summed E-state index contributed by atoms with van der Waals surface area (Å²) < 4.78 is 58.7. The third kappa shape index (κ3) is 4.70. The maximum absolute atomic E-state index is 13.2. The van der Waals surface area contributed by atoms with Crippen molar-refractivity contribution in [2.24, 2.45) is 0 Å². The molecule has 10 heteroatoms. The number of amides is 1. The van der Waals surface area contributed by atoms with Crippen molar-refractivity contribution in [3.8, 4) is 0 Å². The molecule has 3 aromatic carbocycles. The van der Waals surface area contributed by atoms with Crippen LogP contribution in [0, 0.1) is 11.6 Å². The van der Waals surface area contributed by atoms with Crippen LogP contribution in [0.15, 0.2) is 71.6 Å². The van der Waals surface area contributed by atoms with Crippen molar-refractivity contribution < 1.29 is 31.5 Å². The van der Waals surface area contributed by atoms with Gasteiger partial charge in [-0.25, -0.2) is 22.0 Å². The highest BCUT2D eigenvalue weighted by Crippen LogP contribution is 2.32. The molecular weight excluding hydrogens is 454 g/mol. The summed E-state index contributed by atoms with van der Waals surface area (Å²) in [6.07, 6.45) is 0.588. The predicted molar refractivity (Wildman–Crippen MR) is 116 cm³/mol. The van der Waals surface area contributed by atoms with Gasteiger partial charge in [0.05, 0.1) is 16.1 Å². The number of ether oxygens (including phenoxy) is 1. The topological polar surface area (TPSA) is 92.8 Å². The Morgan fingerprint density at radius 2 is 1.76 bits per heavy atom. The SMILES string of the molecule is O=C(COC(=O)c1cccc(S(=O)(=O)N2CCc3ccccc32)c1)Nc1ccc(F)c(F)c1. The van der Waals surface area contributed by atoms with Gasteiger partial charge in [0, 0.05) is 18.3 Å². The molecule has 1 heterocycles. The number of fused-ring (bicyclic) bond motifs is 1. The molecule has 4 rings (SSSR count). The summed E-state index contributed by atoms with van der Waals surface area (Å²) in [4.78, 5) is 24.2. The third-order valence-electron chi connectivity index (χ3n) is 5.04. The molecule has 0 saturated carbocycles. The lowest BCUT2D eigenvalue weighted by Crippen LogP contribution is -2.29. The second kappa shape index (κ2) is 8.99. The molecule has 1 N–H and O–H groups in total. The molecular formula is C23H18F2N2O5S. The van der Waals surface area contributed by atoms with Crippen molar-refractivity contribution in [2.75, 3.05) is 22.8 Å². The van der Waals surface area contributed by atoms with Gasteiger partial charge in [-0.15, -0.1) is 0 Å². The fourth-order valence-corrected chi connectivity index (χ4v) is 5.00. The van der Waals surface area contributed by atoms with E-state index in [1.54, 1.807) is 12.1 Å². The van der Waals surface area contributed by atoms with Crippen molar-refractivity contribution in [3.63, 3.8) is 0 Å². The van der Waals surface area contributed by atoms with E-state index in [0.717, 1.165) is 23.8 Å². The second-order valence-electron chi connectivity index (χ2n) is 7.24. The summed E-state index contributed by atoms with van der Waals surface area (Å²) in [7, 11) is -3.91. The van der Waals surface area contributed by atoms with Gasteiger partial charge >= 0.3 is 5.97 Å². The van der Waals surface area contributed by atoms with Crippen molar-refractivity contribution in [2.45, 2.75) is 11.3 Å². The fourth-order valence-electron chi connectivity index (χ4n) is 3.45. The van der Waals surface area contributed by atoms with Crippen LogP contribution in [-0.2, 0) is 26.0 Å². The highest BCUT2D eigenvalue weighted by Gasteiger charge is 2.31. The van der Waals surface area contributed by atoms with Crippen LogP contribution in [0.4, 0.5) is 20.2 Å². The Hall–Kier alpha value is -3.79. The summed E-state index contributed by atoms with van der Waals surface area (Å²) >= 11 is 0. The van der Waals surface area contributed by atoms with Crippen LogP contribution < -0.4 is 9.62 Å². The number of hydrogen-bond donors (Lipinski definition) is 1. The number of halogens is 2. The smallest absolute Gasteiger partial charge is 0.338 e. The number of anilines is 2. The van der Waals surface area contributed by atoms with E-state index in [4.69, 9.17) is 4.74 Å². The van der Waals surface area contributed by atoms with E-state index in [2.05, 4.69) is 5.32 Å². The second-order valence-corrected chi connectivity index (χ2v) is 9.10. The van der Waals surface area contributed by atoms with E-state index in [1.807, 2.05) is 12.1 Å². The van der Waals surface area contributed by atoms with E-state index >= 15 is 0 Å². The largest absolute Gasteiger partial charge is 0.452 e. The number of benzene rings is 3. The van der Waals surface area contributed by atoms with Gasteiger partial charge in [0.25, 0.3) is 15.9 Å². The first kappa shape index (κ1) is 22.4. The number of sulfonamides is 1. The lowest BCUT2D eigenvalue weighted by molar-refractivity contribution is -0.119. The number of para-hydroxylation sites is 1. The van der Waals surface area contributed by atoms with Crippen LogP contribution in [0.25, 0.3) is 0 Å². The Bertz CT molecular complexity index is 1340. The Labute approximate surface area is 188 Å². The van der Waals surface area contributed by atoms with Crippen LogP contribution in [0.1, 0.15) is 15.9 Å². The molecule has 0 aromatic heterocycles. The molecule has 0 spiro atoms. The summed E-state index contributed by atoms with van der Waals surface area (Å²) in [5, 5.41) is 2.27. The average Bonchev–Trinajstić information content (AvgIpc) is 3.25. The number of nitrogens with one attached hydrogen (secondary N) is 1. The van der Waals surface area contributed by atoms with Gasteiger partial charge in [-0.1, -0.05) is 24.3 Å². The molecule has 0 fully saturated rings. The first-order valence-corrected chi connectivity index (χ1v) is 11.3. The highest BCUT2D eigenvalue weighted by atomic mass is 32.2. The first-order chi connectivity index (χ1) is 15.8. The normalized spacial score (nSPS) is 12.8. The zero-order valence-electron chi connectivity index (χ0n) is 17.1. The Balaban J connectivity index is 1.43. The number of carbonyl (C=O) groups is 2. The zero-order valence-corrected chi connectivity index (χ0v) is 17.9. The quantitative estimate of drug-likeness (QED) is 0.555. The van der Waals surface area contributed by atoms with Gasteiger partial charge < -0.3 is 10.1 Å². The molecule has 0 aliphatic carbocycles. The van der Waals surface area contributed by atoms with Crippen molar-refractivity contribution >= 4 is 33.3 Å². The van der Waals surface area contributed by atoms with Gasteiger partial charge in [0.2, 0.25) is 0 Å². The van der Waals surface area contributed by atoms with E-state index in [9.17, 15) is 26.8 Å². The monoisotopic (exact) mass is 472 g/mol. The molecule has 170 valence electrons. The molecule has 3 aromatic rings. The zero-order chi connectivity index (χ0) is 23.6. The van der Waals surface area contributed by atoms with Gasteiger partial charge in [-0.3, -0.25) is 9.10 Å². The van der Waals surface area contributed by atoms with E-state index in [0.29, 0.717) is 18.7 Å². The molecule has 0 saturated heterocycles. The van der Waals surface area contributed by atoms with Crippen molar-refractivity contribution in [1.29, 1.82) is 0 Å². The molecule has 0 unspecified atom stereocenters. The molecule has 1 aliphatic heterocycles. The molecule has 33 heavy (non-hydrogen) atoms. The Kier molecular flexibility index (Phi) is 6.10. The maximum Gasteiger partial charge on any atom is 0.338 e. The summed E-state index contributed by atoms with van der Waals surface area (Å²) in [6, 6.07) is 15.3. The lowest BCUT2D eigenvalue weighted by atomic mass is 10.2. The van der Waals surface area contributed by atoms with Crippen molar-refractivity contribution in [3.05, 3.63) is 89.5 Å². The van der Waals surface area contributed by atoms with Gasteiger partial charge in [-0.05, 0) is 48.4 Å². The first-order valence-electron chi connectivity index (χ1n) is 9.88.